The lowest BCUT2D eigenvalue weighted by Gasteiger charge is -2.27. The van der Waals surface area contributed by atoms with E-state index in [0.29, 0.717) is 5.75 Å². The van der Waals surface area contributed by atoms with E-state index in [1.54, 1.807) is 65.0 Å². The molecule has 2 aliphatic rings. The molecule has 192 valence electrons. The first kappa shape index (κ1) is 27.7. The average Bonchev–Trinajstić information content (AvgIpc) is 2.77. The van der Waals surface area contributed by atoms with Gasteiger partial charge in [0.1, 0.15) is 29.5 Å². The predicted octanol–water partition coefficient (Wildman–Crippen LogP) is 2.22. The zero-order chi connectivity index (χ0) is 26.2. The fraction of sp³-hybridized carbons (Fsp3) is 0.520. The molecule has 0 aliphatic carbocycles. The molecule has 2 heterocycles. The fourth-order valence-electron chi connectivity index (χ4n) is 3.32. The van der Waals surface area contributed by atoms with Gasteiger partial charge in [0.2, 0.25) is 11.8 Å². The normalized spacial score (nSPS) is 22.4. The molecule has 2 bridgehead atoms. The largest absolute Gasteiger partial charge is 0.467 e. The van der Waals surface area contributed by atoms with Gasteiger partial charge in [0.25, 0.3) is 0 Å². The Labute approximate surface area is 205 Å². The molecule has 3 atom stereocenters. The number of nitrogens with one attached hydrogen (secondary N) is 3. The van der Waals surface area contributed by atoms with E-state index in [-0.39, 0.29) is 18.8 Å². The van der Waals surface area contributed by atoms with Gasteiger partial charge in [-0.05, 0) is 56.9 Å². The number of hydrogen-bond acceptors (Lipinski definition) is 7. The van der Waals surface area contributed by atoms with Crippen LogP contribution in [-0.2, 0) is 30.3 Å². The average molecular weight is 490 g/mol. The van der Waals surface area contributed by atoms with E-state index < -0.39 is 47.6 Å². The molecule has 3 N–H and O–H groups in total. The van der Waals surface area contributed by atoms with E-state index >= 15 is 0 Å². The third kappa shape index (κ3) is 8.95. The summed E-state index contributed by atoms with van der Waals surface area (Å²) in [5.74, 6) is -1.52. The van der Waals surface area contributed by atoms with Gasteiger partial charge >= 0.3 is 12.1 Å². The molecule has 10 nitrogen and oxygen atoms in total. The molecule has 0 saturated heterocycles. The number of rotatable bonds is 3. The third-order valence-corrected chi connectivity index (χ3v) is 5.09. The van der Waals surface area contributed by atoms with E-state index in [4.69, 9.17) is 14.2 Å². The lowest BCUT2D eigenvalue weighted by Crippen LogP contribution is -2.58. The van der Waals surface area contributed by atoms with Crippen molar-refractivity contribution in [3.63, 3.8) is 0 Å². The van der Waals surface area contributed by atoms with Crippen LogP contribution < -0.4 is 20.7 Å². The van der Waals surface area contributed by atoms with Crippen LogP contribution in [0.1, 0.15) is 46.6 Å². The molecule has 0 aromatic heterocycles. The Morgan fingerprint density at radius 3 is 2.31 bits per heavy atom. The molecule has 10 heteroatoms. The minimum atomic E-state index is -1.02. The van der Waals surface area contributed by atoms with Gasteiger partial charge in [0.15, 0.2) is 0 Å². The van der Waals surface area contributed by atoms with Crippen molar-refractivity contribution >= 4 is 23.9 Å². The van der Waals surface area contributed by atoms with Gasteiger partial charge in [-0.15, -0.1) is 0 Å². The van der Waals surface area contributed by atoms with Crippen molar-refractivity contribution in [1.82, 2.24) is 16.0 Å². The first-order chi connectivity index (χ1) is 16.4. The van der Waals surface area contributed by atoms with Crippen LogP contribution in [0.25, 0.3) is 0 Å². The summed E-state index contributed by atoms with van der Waals surface area (Å²) in [7, 11) is 1.23. The fourth-order valence-corrected chi connectivity index (χ4v) is 3.32. The molecule has 0 fully saturated rings. The molecule has 3 amide bonds. The standard InChI is InChI=1S/C25H35N3O7/c1-15(2)20-22(30)26-18(23(31)33-6)8-7-13-34-17-11-9-16(10-12-17)14-19(21(29)28-20)27-24(32)35-25(3,4)5/h7,9-13,15,18-20H,8,14H2,1-6H3,(H,26,30)(H,27,32)(H,28,29)/b13-7-/t18-,19-,20-/m0/s1. The lowest BCUT2D eigenvalue weighted by atomic mass is 10.0. The number of hydrogen-bond donors (Lipinski definition) is 3. The summed E-state index contributed by atoms with van der Waals surface area (Å²) < 4.78 is 15.7. The van der Waals surface area contributed by atoms with Gasteiger partial charge in [-0.25, -0.2) is 9.59 Å². The second-order valence-electron chi connectivity index (χ2n) is 9.59. The van der Waals surface area contributed by atoms with Crippen molar-refractivity contribution < 1.29 is 33.4 Å². The summed E-state index contributed by atoms with van der Waals surface area (Å²) in [6.07, 6.45) is 2.55. The Hall–Kier alpha value is -3.56. The van der Waals surface area contributed by atoms with Crippen LogP contribution in [0.4, 0.5) is 4.79 Å². The maximum absolute atomic E-state index is 13.3. The van der Waals surface area contributed by atoms with Gasteiger partial charge in [-0.3, -0.25) is 9.59 Å². The molecule has 35 heavy (non-hydrogen) atoms. The molecular weight excluding hydrogens is 454 g/mol. The van der Waals surface area contributed by atoms with Crippen LogP contribution in [0, 0.1) is 5.92 Å². The summed E-state index contributed by atoms with van der Waals surface area (Å²) in [6, 6.07) is 4.04. The number of benzene rings is 1. The van der Waals surface area contributed by atoms with Crippen molar-refractivity contribution in [3.05, 3.63) is 42.2 Å². The number of fused-ring (bicyclic) bond motifs is 12. The van der Waals surface area contributed by atoms with Crippen molar-refractivity contribution in [1.29, 1.82) is 0 Å². The van der Waals surface area contributed by atoms with Crippen LogP contribution in [0.3, 0.4) is 0 Å². The minimum absolute atomic E-state index is 0.123. The minimum Gasteiger partial charge on any atom is -0.467 e. The van der Waals surface area contributed by atoms with Crippen LogP contribution in [0.5, 0.6) is 5.75 Å². The molecule has 2 aliphatic heterocycles. The maximum atomic E-state index is 13.3. The second-order valence-corrected chi connectivity index (χ2v) is 9.59. The number of carbonyl (C=O) groups is 4. The molecule has 1 aromatic rings. The Morgan fingerprint density at radius 1 is 1.09 bits per heavy atom. The molecule has 3 rings (SSSR count). The topological polar surface area (TPSA) is 132 Å². The summed E-state index contributed by atoms with van der Waals surface area (Å²) in [5.41, 5.74) is 0.00943. The summed E-state index contributed by atoms with van der Waals surface area (Å²) in [4.78, 5) is 51.0. The summed E-state index contributed by atoms with van der Waals surface area (Å²) in [6.45, 7) is 8.68. The number of methoxy groups -OCH3 is 1. The van der Waals surface area contributed by atoms with E-state index in [0.717, 1.165) is 5.56 Å². The van der Waals surface area contributed by atoms with Gasteiger partial charge in [0, 0.05) is 6.42 Å². The Bertz CT molecular complexity index is 935. The number of ether oxygens (including phenoxy) is 3. The van der Waals surface area contributed by atoms with E-state index in [2.05, 4.69) is 16.0 Å². The highest BCUT2D eigenvalue weighted by atomic mass is 16.6. The molecule has 1 aromatic carbocycles. The highest BCUT2D eigenvalue weighted by Gasteiger charge is 2.32. The lowest BCUT2D eigenvalue weighted by molar-refractivity contribution is -0.145. The Morgan fingerprint density at radius 2 is 1.74 bits per heavy atom. The van der Waals surface area contributed by atoms with Crippen LogP contribution in [-0.4, -0.2) is 54.7 Å². The van der Waals surface area contributed by atoms with Crippen molar-refractivity contribution in [2.75, 3.05) is 7.11 Å². The third-order valence-electron chi connectivity index (χ3n) is 5.09. The summed E-state index contributed by atoms with van der Waals surface area (Å²) in [5, 5.41) is 7.96. The molecule has 0 unspecified atom stereocenters. The number of alkyl carbamates (subject to hydrolysis) is 1. The number of amides is 3. The smallest absolute Gasteiger partial charge is 0.408 e. The van der Waals surface area contributed by atoms with Crippen LogP contribution in [0.15, 0.2) is 36.6 Å². The van der Waals surface area contributed by atoms with Crippen LogP contribution in [0.2, 0.25) is 0 Å². The second kappa shape index (κ2) is 12.2. The van der Waals surface area contributed by atoms with Gasteiger partial charge in [0.05, 0.1) is 13.4 Å². The number of esters is 1. The van der Waals surface area contributed by atoms with Crippen molar-refractivity contribution in [2.24, 2.45) is 5.92 Å². The number of carbonyl (C=O) groups excluding carboxylic acids is 4. The van der Waals surface area contributed by atoms with E-state index in [1.807, 2.05) is 0 Å². The zero-order valence-electron chi connectivity index (χ0n) is 21.0. The molecule has 0 saturated carbocycles. The Balaban J connectivity index is 2.39. The predicted molar refractivity (Wildman–Crippen MR) is 128 cm³/mol. The maximum Gasteiger partial charge on any atom is 0.408 e. The quantitative estimate of drug-likeness (QED) is 0.555. The molecular formula is C25H35N3O7. The SMILES string of the molecule is COC(=O)[C@@H]1C/C=C\Oc2ccc(cc2)C[C@H](NC(=O)OC(C)(C)C)C(=O)N[C@@H](C(C)C)C(=O)N1. The van der Waals surface area contributed by atoms with Gasteiger partial charge in [-0.2, -0.15) is 0 Å². The zero-order valence-corrected chi connectivity index (χ0v) is 21.0. The summed E-state index contributed by atoms with van der Waals surface area (Å²) >= 11 is 0. The van der Waals surface area contributed by atoms with Gasteiger partial charge in [-0.1, -0.05) is 26.0 Å². The van der Waals surface area contributed by atoms with E-state index in [9.17, 15) is 19.2 Å². The first-order valence-corrected chi connectivity index (χ1v) is 11.5. The highest BCUT2D eigenvalue weighted by Crippen LogP contribution is 2.16. The molecule has 0 radical (unpaired) electrons. The van der Waals surface area contributed by atoms with Gasteiger partial charge < -0.3 is 30.2 Å². The molecule has 0 spiro atoms. The highest BCUT2D eigenvalue weighted by molar-refractivity contribution is 5.93. The van der Waals surface area contributed by atoms with Crippen molar-refractivity contribution in [2.45, 2.75) is 71.2 Å². The Kier molecular flexibility index (Phi) is 9.68. The monoisotopic (exact) mass is 489 g/mol. The first-order valence-electron chi connectivity index (χ1n) is 11.5. The van der Waals surface area contributed by atoms with E-state index in [1.165, 1.54) is 13.4 Å². The van der Waals surface area contributed by atoms with Crippen LogP contribution >= 0.6 is 0 Å². The van der Waals surface area contributed by atoms with Crippen molar-refractivity contribution in [3.8, 4) is 5.75 Å².